The largest absolute Gasteiger partial charge is 0.478 e. The van der Waals surface area contributed by atoms with Crippen molar-refractivity contribution in [3.8, 4) is 6.07 Å². The first-order chi connectivity index (χ1) is 19.2. The van der Waals surface area contributed by atoms with E-state index in [2.05, 4.69) is 16.7 Å². The molecular formula is C30H26Cl3F2N3O3. The highest BCUT2D eigenvalue weighted by Crippen LogP contribution is 2.53. The molecule has 0 saturated carbocycles. The molecule has 1 amide bonds. The highest BCUT2D eigenvalue weighted by molar-refractivity contribution is 6.34. The van der Waals surface area contributed by atoms with Crippen molar-refractivity contribution in [2.24, 2.45) is 5.41 Å². The molecule has 4 unspecified atom stereocenters. The number of nitrogens with one attached hydrogen (secondary N) is 2. The summed E-state index contributed by atoms with van der Waals surface area (Å²) in [5.74, 6) is -4.77. The fraction of sp³-hybridized carbons (Fsp3) is 0.300. The van der Waals surface area contributed by atoms with Gasteiger partial charge < -0.3 is 15.7 Å². The number of benzene rings is 3. The van der Waals surface area contributed by atoms with E-state index < -0.39 is 52.3 Å². The van der Waals surface area contributed by atoms with E-state index in [4.69, 9.17) is 34.8 Å². The van der Waals surface area contributed by atoms with Crippen LogP contribution in [-0.2, 0) is 10.2 Å². The van der Waals surface area contributed by atoms with Gasteiger partial charge in [0.25, 0.3) is 0 Å². The van der Waals surface area contributed by atoms with Crippen molar-refractivity contribution in [1.82, 2.24) is 5.32 Å². The van der Waals surface area contributed by atoms with Crippen molar-refractivity contribution in [2.75, 3.05) is 5.32 Å². The number of halogens is 5. The minimum Gasteiger partial charge on any atom is -0.478 e. The van der Waals surface area contributed by atoms with Crippen LogP contribution in [0, 0.1) is 28.4 Å². The average molecular weight is 621 g/mol. The lowest BCUT2D eigenvalue weighted by atomic mass is 9.62. The third-order valence-electron chi connectivity index (χ3n) is 7.21. The van der Waals surface area contributed by atoms with E-state index in [1.807, 2.05) is 20.8 Å². The summed E-state index contributed by atoms with van der Waals surface area (Å²) in [4.78, 5) is 25.2. The van der Waals surface area contributed by atoms with E-state index in [1.54, 1.807) is 0 Å². The summed E-state index contributed by atoms with van der Waals surface area (Å²) in [7, 11) is 0. The molecule has 1 fully saturated rings. The van der Waals surface area contributed by atoms with Gasteiger partial charge in [0, 0.05) is 22.5 Å². The van der Waals surface area contributed by atoms with Crippen LogP contribution in [0.3, 0.4) is 0 Å². The number of carboxylic acid groups (broad SMARTS) is 1. The third kappa shape index (κ3) is 5.91. The molecule has 4 atom stereocenters. The Labute approximate surface area is 251 Å². The maximum atomic E-state index is 15.7. The van der Waals surface area contributed by atoms with Gasteiger partial charge in [0.2, 0.25) is 5.91 Å². The van der Waals surface area contributed by atoms with E-state index >= 15 is 8.78 Å². The number of carboxylic acids is 1. The van der Waals surface area contributed by atoms with Crippen molar-refractivity contribution >= 4 is 52.4 Å². The molecule has 0 aliphatic carbocycles. The van der Waals surface area contributed by atoms with Crippen LogP contribution in [0.5, 0.6) is 0 Å². The van der Waals surface area contributed by atoms with Crippen LogP contribution in [0.4, 0.5) is 14.5 Å². The summed E-state index contributed by atoms with van der Waals surface area (Å²) in [6.07, 6.45) is 0.305. The second-order valence-corrected chi connectivity index (χ2v) is 12.4. The van der Waals surface area contributed by atoms with Gasteiger partial charge in [0.15, 0.2) is 0 Å². The quantitative estimate of drug-likeness (QED) is 0.264. The normalized spacial score (nSPS) is 22.3. The van der Waals surface area contributed by atoms with Crippen LogP contribution in [0.25, 0.3) is 0 Å². The number of hydrogen-bond acceptors (Lipinski definition) is 4. The summed E-state index contributed by atoms with van der Waals surface area (Å²) in [6.45, 7) is 5.80. The summed E-state index contributed by atoms with van der Waals surface area (Å²) >= 11 is 18.5. The molecule has 1 heterocycles. The molecule has 3 aromatic carbocycles. The van der Waals surface area contributed by atoms with Crippen molar-refractivity contribution in [3.63, 3.8) is 0 Å². The monoisotopic (exact) mass is 619 g/mol. The molecule has 41 heavy (non-hydrogen) atoms. The molecule has 0 aromatic heterocycles. The molecular weight excluding hydrogens is 595 g/mol. The molecule has 3 aromatic rings. The molecule has 0 bridgehead atoms. The van der Waals surface area contributed by atoms with Crippen molar-refractivity contribution < 1.29 is 23.5 Å². The predicted octanol–water partition coefficient (Wildman–Crippen LogP) is 7.58. The Morgan fingerprint density at radius 2 is 1.78 bits per heavy atom. The number of nitriles is 1. The molecule has 1 aliphatic rings. The molecule has 6 nitrogen and oxygen atoms in total. The van der Waals surface area contributed by atoms with Gasteiger partial charge in [-0.05, 0) is 53.8 Å². The Balaban J connectivity index is 1.94. The number of hydrogen-bond donors (Lipinski definition) is 3. The van der Waals surface area contributed by atoms with E-state index in [9.17, 15) is 20.0 Å². The van der Waals surface area contributed by atoms with Crippen molar-refractivity contribution in [3.05, 3.63) is 98.0 Å². The van der Waals surface area contributed by atoms with Crippen LogP contribution >= 0.6 is 34.8 Å². The fourth-order valence-corrected chi connectivity index (χ4v) is 6.09. The Morgan fingerprint density at radius 1 is 1.07 bits per heavy atom. The van der Waals surface area contributed by atoms with Crippen LogP contribution in [0.15, 0.2) is 54.6 Å². The van der Waals surface area contributed by atoms with Gasteiger partial charge in [-0.15, -0.1) is 0 Å². The molecule has 11 heteroatoms. The number of nitrogens with zero attached hydrogens (tertiary/aromatic N) is 1. The number of carbonyl (C=O) groups excluding carboxylic acids is 1. The summed E-state index contributed by atoms with van der Waals surface area (Å²) in [6, 6.07) is 12.1. The zero-order valence-electron chi connectivity index (χ0n) is 22.2. The molecule has 0 spiro atoms. The zero-order chi connectivity index (χ0) is 30.3. The zero-order valence-corrected chi connectivity index (χ0v) is 24.5. The molecule has 0 radical (unpaired) electrons. The lowest BCUT2D eigenvalue weighted by Crippen LogP contribution is -2.45. The van der Waals surface area contributed by atoms with Gasteiger partial charge >= 0.3 is 5.97 Å². The first-order valence-corrected chi connectivity index (χ1v) is 13.7. The van der Waals surface area contributed by atoms with Gasteiger partial charge in [-0.1, -0.05) is 73.8 Å². The molecule has 214 valence electrons. The topological polar surface area (TPSA) is 102 Å². The van der Waals surface area contributed by atoms with Crippen LogP contribution < -0.4 is 10.6 Å². The second kappa shape index (κ2) is 11.6. The smallest absolute Gasteiger partial charge is 0.335 e. The number of amides is 1. The summed E-state index contributed by atoms with van der Waals surface area (Å²) < 4.78 is 31.4. The first kappa shape index (κ1) is 30.7. The maximum absolute atomic E-state index is 15.7. The minimum absolute atomic E-state index is 0.0386. The standard InChI is InChI=1S/C30H26Cl3F2N3O3/c1-29(2,3)13-23-30(14-36,18-9-8-16(31)12-21(18)34)24(17-5-4-6-19(32)25(17)35)26(38-23)27(39)37-22-10-7-15(28(40)41)11-20(22)33/h4-12,23-24,26,38H,13H2,1-3H3,(H,37,39)(H,40,41). The number of carbonyl (C=O) groups is 2. The average Bonchev–Trinajstić information content (AvgIpc) is 3.19. The number of rotatable bonds is 6. The summed E-state index contributed by atoms with van der Waals surface area (Å²) in [5, 5.41) is 25.9. The van der Waals surface area contributed by atoms with Gasteiger partial charge in [-0.3, -0.25) is 4.79 Å². The number of anilines is 1. The predicted molar refractivity (Wildman–Crippen MR) is 155 cm³/mol. The van der Waals surface area contributed by atoms with Gasteiger partial charge in [0.1, 0.15) is 17.0 Å². The van der Waals surface area contributed by atoms with Crippen molar-refractivity contribution in [2.45, 2.75) is 50.6 Å². The van der Waals surface area contributed by atoms with Gasteiger partial charge in [0.05, 0.1) is 33.4 Å². The maximum Gasteiger partial charge on any atom is 0.335 e. The Kier molecular flexibility index (Phi) is 8.68. The molecule has 3 N–H and O–H groups in total. The second-order valence-electron chi connectivity index (χ2n) is 11.2. The minimum atomic E-state index is -1.79. The molecule has 1 saturated heterocycles. The van der Waals surface area contributed by atoms with E-state index in [1.165, 1.54) is 48.5 Å². The molecule has 1 aliphatic heterocycles. The van der Waals surface area contributed by atoms with E-state index in [0.29, 0.717) is 6.42 Å². The van der Waals surface area contributed by atoms with Gasteiger partial charge in [-0.2, -0.15) is 5.26 Å². The Morgan fingerprint density at radius 3 is 2.37 bits per heavy atom. The molecule has 4 rings (SSSR count). The fourth-order valence-electron chi connectivity index (χ4n) is 5.52. The first-order valence-electron chi connectivity index (χ1n) is 12.6. The Bertz CT molecular complexity index is 1570. The van der Waals surface area contributed by atoms with Crippen LogP contribution in [-0.4, -0.2) is 29.1 Å². The number of aromatic carboxylic acids is 1. The van der Waals surface area contributed by atoms with E-state index in [0.717, 1.165) is 6.07 Å². The SMILES string of the molecule is CC(C)(C)CC1NC(C(=O)Nc2ccc(C(=O)O)cc2Cl)C(c2cccc(Cl)c2F)C1(C#N)c1ccc(Cl)cc1F. The van der Waals surface area contributed by atoms with E-state index in [-0.39, 0.29) is 37.4 Å². The van der Waals surface area contributed by atoms with Crippen molar-refractivity contribution in [1.29, 1.82) is 5.26 Å². The lowest BCUT2D eigenvalue weighted by Gasteiger charge is -2.37. The summed E-state index contributed by atoms with van der Waals surface area (Å²) in [5.41, 5.74) is -2.26. The lowest BCUT2D eigenvalue weighted by molar-refractivity contribution is -0.118. The van der Waals surface area contributed by atoms with Crippen LogP contribution in [0.1, 0.15) is 54.6 Å². The highest BCUT2D eigenvalue weighted by Gasteiger charge is 2.61. The third-order valence-corrected chi connectivity index (χ3v) is 8.05. The Hall–Kier alpha value is -3.22. The van der Waals surface area contributed by atoms with Crippen LogP contribution in [0.2, 0.25) is 15.1 Å². The highest BCUT2D eigenvalue weighted by atomic mass is 35.5. The van der Waals surface area contributed by atoms with Gasteiger partial charge in [-0.25, -0.2) is 13.6 Å².